The largest absolute Gasteiger partial charge is 0.507 e. The van der Waals surface area contributed by atoms with E-state index in [1.807, 2.05) is 19.9 Å². The van der Waals surface area contributed by atoms with Crippen molar-refractivity contribution in [3.63, 3.8) is 0 Å². The molecule has 134 valence electrons. The molecule has 0 spiro atoms. The summed E-state index contributed by atoms with van der Waals surface area (Å²) in [6.45, 7) is 3.78. The van der Waals surface area contributed by atoms with Gasteiger partial charge in [0.05, 0.1) is 0 Å². The summed E-state index contributed by atoms with van der Waals surface area (Å²) in [5.41, 5.74) is 1.70. The molecule has 0 fully saturated rings. The molecule has 2 aromatic rings. The lowest BCUT2D eigenvalue weighted by Gasteiger charge is -2.08. The number of hydrogen-bond donors (Lipinski definition) is 4. The fraction of sp³-hybridized carbons (Fsp3) is 0.150. The van der Waals surface area contributed by atoms with Crippen molar-refractivity contribution in [1.29, 1.82) is 0 Å². The van der Waals surface area contributed by atoms with E-state index in [-0.39, 0.29) is 52.1 Å². The molecule has 1 aliphatic rings. The number of phenols is 4. The summed E-state index contributed by atoms with van der Waals surface area (Å²) in [5, 5.41) is 39.5. The summed E-state index contributed by atoms with van der Waals surface area (Å²) >= 11 is 0. The van der Waals surface area contributed by atoms with Crippen LogP contribution in [-0.4, -0.2) is 26.2 Å². The van der Waals surface area contributed by atoms with Crippen molar-refractivity contribution in [2.45, 2.75) is 20.3 Å². The van der Waals surface area contributed by atoms with E-state index >= 15 is 0 Å². The lowest BCUT2D eigenvalue weighted by molar-refractivity contribution is 0.101. The molecule has 0 radical (unpaired) electrons. The van der Waals surface area contributed by atoms with E-state index in [1.54, 1.807) is 0 Å². The van der Waals surface area contributed by atoms with Crippen LogP contribution in [-0.2, 0) is 6.42 Å². The van der Waals surface area contributed by atoms with Gasteiger partial charge >= 0.3 is 0 Å². The van der Waals surface area contributed by atoms with Crippen molar-refractivity contribution in [2.24, 2.45) is 0 Å². The average molecular weight is 354 g/mol. The number of ketones is 1. The fourth-order valence-electron chi connectivity index (χ4n) is 2.64. The Bertz CT molecular complexity index is 965. The van der Waals surface area contributed by atoms with Gasteiger partial charge in [0.25, 0.3) is 0 Å². The first-order valence-electron chi connectivity index (χ1n) is 7.95. The van der Waals surface area contributed by atoms with Gasteiger partial charge in [-0.25, -0.2) is 0 Å². The predicted octanol–water partition coefficient (Wildman–Crippen LogP) is 3.63. The van der Waals surface area contributed by atoms with Crippen LogP contribution in [0.4, 0.5) is 0 Å². The minimum atomic E-state index is -0.525. The maximum absolute atomic E-state index is 12.6. The third-order valence-electron chi connectivity index (χ3n) is 4.03. The highest BCUT2D eigenvalue weighted by Gasteiger charge is 2.33. The van der Waals surface area contributed by atoms with Crippen molar-refractivity contribution >= 4 is 11.9 Å². The minimum Gasteiger partial charge on any atom is -0.507 e. The van der Waals surface area contributed by atoms with Gasteiger partial charge in [-0.3, -0.25) is 4.79 Å². The molecule has 0 amide bonds. The van der Waals surface area contributed by atoms with Gasteiger partial charge in [0, 0.05) is 11.6 Å². The van der Waals surface area contributed by atoms with Crippen molar-refractivity contribution < 1.29 is 30.0 Å². The number of hydrogen-bond acceptors (Lipinski definition) is 6. The third kappa shape index (κ3) is 3.09. The highest BCUT2D eigenvalue weighted by Crippen LogP contribution is 2.44. The Kier molecular flexibility index (Phi) is 4.34. The summed E-state index contributed by atoms with van der Waals surface area (Å²) in [6.07, 6.45) is 3.50. The van der Waals surface area contributed by atoms with E-state index in [4.69, 9.17) is 4.74 Å². The number of rotatable bonds is 3. The van der Waals surface area contributed by atoms with Gasteiger partial charge in [0.1, 0.15) is 22.8 Å². The highest BCUT2D eigenvalue weighted by atomic mass is 16.5. The molecule has 6 nitrogen and oxygen atoms in total. The Hall–Kier alpha value is -3.41. The van der Waals surface area contributed by atoms with Crippen LogP contribution < -0.4 is 4.74 Å². The number of allylic oxidation sites excluding steroid dienone is 3. The van der Waals surface area contributed by atoms with Crippen LogP contribution in [0.2, 0.25) is 0 Å². The molecular formula is C20H18O6. The highest BCUT2D eigenvalue weighted by molar-refractivity contribution is 6.16. The van der Waals surface area contributed by atoms with Crippen LogP contribution in [0.15, 0.2) is 41.7 Å². The molecule has 1 heterocycles. The van der Waals surface area contributed by atoms with E-state index in [2.05, 4.69) is 0 Å². The summed E-state index contributed by atoms with van der Waals surface area (Å²) in [5.74, 6) is -1.58. The molecule has 0 aliphatic carbocycles. The zero-order valence-corrected chi connectivity index (χ0v) is 14.3. The number of aromatic hydroxyl groups is 4. The van der Waals surface area contributed by atoms with Gasteiger partial charge in [0.2, 0.25) is 5.78 Å². The number of carbonyl (C=O) groups is 1. The molecule has 3 rings (SSSR count). The first-order chi connectivity index (χ1) is 12.3. The van der Waals surface area contributed by atoms with Crippen LogP contribution in [0.5, 0.6) is 28.7 Å². The molecule has 1 aliphatic heterocycles. The number of benzene rings is 2. The molecule has 0 bridgehead atoms. The second-order valence-corrected chi connectivity index (χ2v) is 6.27. The molecule has 4 N–H and O–H groups in total. The van der Waals surface area contributed by atoms with Gasteiger partial charge < -0.3 is 25.2 Å². The molecule has 26 heavy (non-hydrogen) atoms. The second kappa shape index (κ2) is 6.48. The quantitative estimate of drug-likeness (QED) is 0.381. The lowest BCUT2D eigenvalue weighted by Crippen LogP contribution is -1.99. The Morgan fingerprint density at radius 2 is 1.77 bits per heavy atom. The van der Waals surface area contributed by atoms with Crippen LogP contribution in [0.3, 0.4) is 0 Å². The van der Waals surface area contributed by atoms with E-state index < -0.39 is 5.78 Å². The molecular weight excluding hydrogens is 336 g/mol. The van der Waals surface area contributed by atoms with Gasteiger partial charge in [-0.1, -0.05) is 17.7 Å². The summed E-state index contributed by atoms with van der Waals surface area (Å²) in [4.78, 5) is 12.6. The maximum atomic E-state index is 12.6. The van der Waals surface area contributed by atoms with Crippen LogP contribution in [0.25, 0.3) is 6.08 Å². The van der Waals surface area contributed by atoms with E-state index in [9.17, 15) is 25.2 Å². The smallest absolute Gasteiger partial charge is 0.235 e. The monoisotopic (exact) mass is 354 g/mol. The molecule has 0 saturated carbocycles. The Labute approximate surface area is 149 Å². The number of carbonyl (C=O) groups excluding carboxylic acids is 1. The molecule has 0 unspecified atom stereocenters. The summed E-state index contributed by atoms with van der Waals surface area (Å²) in [6, 6.07) is 5.37. The van der Waals surface area contributed by atoms with Crippen molar-refractivity contribution in [2.75, 3.05) is 0 Å². The molecule has 0 saturated heterocycles. The first kappa shape index (κ1) is 17.4. The van der Waals surface area contributed by atoms with Crippen molar-refractivity contribution in [3.8, 4) is 28.7 Å². The van der Waals surface area contributed by atoms with E-state index in [0.717, 1.165) is 5.57 Å². The molecule has 6 heteroatoms. The van der Waals surface area contributed by atoms with Gasteiger partial charge in [-0.05, 0) is 44.0 Å². The topological polar surface area (TPSA) is 107 Å². The fourth-order valence-corrected chi connectivity index (χ4v) is 2.64. The standard InChI is InChI=1S/C20H18O6/c1-10(2)3-5-12-14(22)9-16-18(19(12)24)20(25)17(26-16)8-11-4-6-13(21)15(23)7-11/h3-4,6-9,21-24H,5H2,1-2H3. The SMILES string of the molecule is CC(C)=CCc1c(O)cc2c(c1O)C(=O)C(=Cc1ccc(O)c(O)c1)O2. The third-order valence-corrected chi connectivity index (χ3v) is 4.03. The Morgan fingerprint density at radius 3 is 2.42 bits per heavy atom. The van der Waals surface area contributed by atoms with Crippen LogP contribution in [0, 0.1) is 0 Å². The van der Waals surface area contributed by atoms with Gasteiger partial charge in [0.15, 0.2) is 17.3 Å². The van der Waals surface area contributed by atoms with Crippen LogP contribution >= 0.6 is 0 Å². The predicted molar refractivity (Wildman–Crippen MR) is 95.6 cm³/mol. The number of ether oxygens (including phenoxy) is 1. The zero-order valence-electron chi connectivity index (χ0n) is 14.3. The van der Waals surface area contributed by atoms with E-state index in [0.29, 0.717) is 5.56 Å². The summed E-state index contributed by atoms with van der Waals surface area (Å²) in [7, 11) is 0. The molecule has 0 aromatic heterocycles. The zero-order chi connectivity index (χ0) is 19.0. The average Bonchev–Trinajstić information content (AvgIpc) is 2.86. The van der Waals surface area contributed by atoms with Gasteiger partial charge in [-0.2, -0.15) is 0 Å². The van der Waals surface area contributed by atoms with Gasteiger partial charge in [-0.15, -0.1) is 0 Å². The van der Waals surface area contributed by atoms with E-state index in [1.165, 1.54) is 30.3 Å². The first-order valence-corrected chi connectivity index (χ1v) is 7.95. The van der Waals surface area contributed by atoms with Crippen molar-refractivity contribution in [1.82, 2.24) is 0 Å². The van der Waals surface area contributed by atoms with Crippen molar-refractivity contribution in [3.05, 3.63) is 58.4 Å². The Balaban J connectivity index is 2.01. The molecule has 0 atom stereocenters. The number of fused-ring (bicyclic) bond motifs is 1. The maximum Gasteiger partial charge on any atom is 0.235 e. The molecule has 2 aromatic carbocycles. The van der Waals surface area contributed by atoms with Crippen LogP contribution in [0.1, 0.15) is 35.3 Å². The number of phenolic OH excluding ortho intramolecular Hbond substituents is 4. The second-order valence-electron chi connectivity index (χ2n) is 6.27. The Morgan fingerprint density at radius 1 is 1.04 bits per heavy atom. The normalized spacial score (nSPS) is 14.2. The lowest BCUT2D eigenvalue weighted by atomic mass is 10.0. The summed E-state index contributed by atoms with van der Waals surface area (Å²) < 4.78 is 5.47. The minimum absolute atomic E-state index is 0.00536. The number of Topliss-reactive ketones (excluding diaryl/α,β-unsaturated/α-hetero) is 1.